The van der Waals surface area contributed by atoms with E-state index in [2.05, 4.69) is 10.2 Å². The molecule has 1 unspecified atom stereocenters. The average molecular weight is 428 g/mol. The number of fused-ring (bicyclic) bond motifs is 5. The van der Waals surface area contributed by atoms with E-state index >= 15 is 0 Å². The van der Waals surface area contributed by atoms with Gasteiger partial charge in [0.15, 0.2) is 11.5 Å². The summed E-state index contributed by atoms with van der Waals surface area (Å²) in [5, 5.41) is 3.08. The Bertz CT molecular complexity index is 975. The van der Waals surface area contributed by atoms with Crippen molar-refractivity contribution in [1.82, 2.24) is 4.90 Å². The van der Waals surface area contributed by atoms with Gasteiger partial charge in [-0.25, -0.2) is 4.79 Å². The van der Waals surface area contributed by atoms with E-state index in [1.165, 1.54) is 7.11 Å². The molecule has 5 atom stereocenters. The number of rotatable bonds is 3. The molecule has 0 saturated carbocycles. The lowest BCUT2D eigenvalue weighted by molar-refractivity contribution is -0.139. The quantitative estimate of drug-likeness (QED) is 0.738. The molecule has 0 bridgehead atoms. The van der Waals surface area contributed by atoms with Gasteiger partial charge in [-0.2, -0.15) is 0 Å². The first kappa shape index (κ1) is 20.2. The molecule has 4 heterocycles. The third-order valence-corrected chi connectivity index (χ3v) is 7.73. The zero-order valence-corrected chi connectivity index (χ0v) is 18.3. The number of methoxy groups -OCH3 is 3. The van der Waals surface area contributed by atoms with Crippen LogP contribution in [0.4, 0.5) is 5.69 Å². The first-order chi connectivity index (χ1) is 14.9. The van der Waals surface area contributed by atoms with Crippen molar-refractivity contribution in [3.63, 3.8) is 0 Å². The number of hydrogen-bond acceptors (Lipinski definition) is 7. The first-order valence-electron chi connectivity index (χ1n) is 10.7. The van der Waals surface area contributed by atoms with Gasteiger partial charge in [0.1, 0.15) is 0 Å². The van der Waals surface area contributed by atoms with Crippen LogP contribution in [0.2, 0.25) is 0 Å². The third-order valence-electron chi connectivity index (χ3n) is 7.73. The van der Waals surface area contributed by atoms with E-state index in [1.54, 1.807) is 20.5 Å². The number of carbonyl (C=O) groups is 2. The molecule has 0 aromatic heterocycles. The van der Waals surface area contributed by atoms with E-state index in [4.69, 9.17) is 18.9 Å². The summed E-state index contributed by atoms with van der Waals surface area (Å²) in [6.07, 6.45) is 2.98. The minimum absolute atomic E-state index is 0.00459. The van der Waals surface area contributed by atoms with Crippen LogP contribution in [0.15, 0.2) is 24.0 Å². The molecule has 0 radical (unpaired) electrons. The van der Waals surface area contributed by atoms with Gasteiger partial charge in [-0.05, 0) is 37.9 Å². The highest BCUT2D eigenvalue weighted by Crippen LogP contribution is 2.55. The van der Waals surface area contributed by atoms with Gasteiger partial charge in [-0.3, -0.25) is 9.69 Å². The minimum atomic E-state index is -0.678. The summed E-state index contributed by atoms with van der Waals surface area (Å²) in [6, 6.07) is 3.75. The fraction of sp³-hybridized carbons (Fsp3) is 0.565. The number of carbonyl (C=O) groups excluding carboxylic acids is 2. The van der Waals surface area contributed by atoms with Crippen LogP contribution in [0.1, 0.15) is 25.3 Å². The van der Waals surface area contributed by atoms with Gasteiger partial charge in [-0.1, -0.05) is 0 Å². The van der Waals surface area contributed by atoms with Crippen LogP contribution in [-0.2, 0) is 24.5 Å². The van der Waals surface area contributed by atoms with Gasteiger partial charge >= 0.3 is 5.97 Å². The number of esters is 1. The average Bonchev–Trinajstić information content (AvgIpc) is 3.29. The Morgan fingerprint density at radius 2 is 1.97 bits per heavy atom. The summed E-state index contributed by atoms with van der Waals surface area (Å²) in [6.45, 7) is 3.64. The molecular formula is C23H28N2O6. The van der Waals surface area contributed by atoms with Crippen LogP contribution in [-0.4, -0.2) is 63.3 Å². The van der Waals surface area contributed by atoms with Gasteiger partial charge in [0, 0.05) is 36.2 Å². The number of anilines is 1. The maximum atomic E-state index is 13.5. The maximum Gasteiger partial charge on any atom is 0.337 e. The van der Waals surface area contributed by atoms with E-state index in [1.807, 2.05) is 19.1 Å². The second kappa shape index (κ2) is 7.15. The molecule has 8 nitrogen and oxygen atoms in total. The summed E-state index contributed by atoms with van der Waals surface area (Å²) in [5.41, 5.74) is 1.61. The van der Waals surface area contributed by atoms with Crippen LogP contribution in [0.25, 0.3) is 0 Å². The molecule has 1 amide bonds. The Labute approximate surface area is 181 Å². The van der Waals surface area contributed by atoms with E-state index in [0.29, 0.717) is 23.5 Å². The number of nitrogens with one attached hydrogen (secondary N) is 1. The number of ether oxygens (including phenoxy) is 4. The lowest BCUT2D eigenvalue weighted by Gasteiger charge is -2.48. The van der Waals surface area contributed by atoms with Gasteiger partial charge in [-0.15, -0.1) is 0 Å². The van der Waals surface area contributed by atoms with Crippen molar-refractivity contribution in [2.24, 2.45) is 11.8 Å². The van der Waals surface area contributed by atoms with Crippen LogP contribution < -0.4 is 14.8 Å². The predicted molar refractivity (Wildman–Crippen MR) is 112 cm³/mol. The molecule has 2 saturated heterocycles. The summed E-state index contributed by atoms with van der Waals surface area (Å²) in [4.78, 5) is 28.3. The molecule has 166 valence electrons. The molecular weight excluding hydrogens is 400 g/mol. The Kier molecular flexibility index (Phi) is 4.66. The zero-order chi connectivity index (χ0) is 21.9. The van der Waals surface area contributed by atoms with Crippen molar-refractivity contribution in [1.29, 1.82) is 0 Å². The standard InChI is InChI=1S/C23H28N2O6/c1-12-14-10-25-6-5-23(20(25)7-13(14)15(11-31-12)21(26)30-4)16-8-18(28-2)19(29-3)9-17(16)24-22(23)27/h8-9,11-14,20H,5-7,10H2,1-4H3,(H,24,27)/t12-,13-,14-,20-,23?/m0/s1. The summed E-state index contributed by atoms with van der Waals surface area (Å²) >= 11 is 0. The number of nitrogens with zero attached hydrogens (tertiary/aromatic N) is 1. The molecule has 31 heavy (non-hydrogen) atoms. The first-order valence-corrected chi connectivity index (χ1v) is 10.7. The molecule has 1 spiro atoms. The van der Waals surface area contributed by atoms with Crippen LogP contribution in [0.3, 0.4) is 0 Å². The van der Waals surface area contributed by atoms with Crippen molar-refractivity contribution >= 4 is 17.6 Å². The third kappa shape index (κ3) is 2.70. The van der Waals surface area contributed by atoms with Crippen molar-refractivity contribution in [3.8, 4) is 11.5 Å². The van der Waals surface area contributed by atoms with E-state index in [0.717, 1.165) is 30.8 Å². The Morgan fingerprint density at radius 3 is 2.68 bits per heavy atom. The van der Waals surface area contributed by atoms with Crippen LogP contribution in [0.5, 0.6) is 11.5 Å². The van der Waals surface area contributed by atoms with Crippen LogP contribution >= 0.6 is 0 Å². The molecule has 5 rings (SSSR count). The number of hydrogen-bond donors (Lipinski definition) is 1. The van der Waals surface area contributed by atoms with Crippen molar-refractivity contribution < 1.29 is 28.5 Å². The van der Waals surface area contributed by atoms with Crippen molar-refractivity contribution in [2.75, 3.05) is 39.7 Å². The summed E-state index contributed by atoms with van der Waals surface area (Å²) < 4.78 is 21.8. The maximum absolute atomic E-state index is 13.5. The second-order valence-corrected chi connectivity index (χ2v) is 8.85. The largest absolute Gasteiger partial charge is 0.497 e. The molecule has 4 aliphatic rings. The fourth-order valence-electron chi connectivity index (χ4n) is 6.14. The Balaban J connectivity index is 1.57. The highest BCUT2D eigenvalue weighted by atomic mass is 16.5. The lowest BCUT2D eigenvalue weighted by Crippen LogP contribution is -2.56. The highest BCUT2D eigenvalue weighted by Gasteiger charge is 2.61. The van der Waals surface area contributed by atoms with E-state index in [-0.39, 0.29) is 35.9 Å². The van der Waals surface area contributed by atoms with Crippen LogP contribution in [0, 0.1) is 11.8 Å². The molecule has 1 N–H and O–H groups in total. The molecule has 0 aliphatic carbocycles. The topological polar surface area (TPSA) is 86.3 Å². The van der Waals surface area contributed by atoms with Gasteiger partial charge in [0.05, 0.1) is 44.7 Å². The molecule has 4 aliphatic heterocycles. The van der Waals surface area contributed by atoms with E-state index < -0.39 is 5.41 Å². The molecule has 1 aromatic carbocycles. The predicted octanol–water partition coefficient (Wildman–Crippen LogP) is 2.08. The van der Waals surface area contributed by atoms with Gasteiger partial charge in [0.2, 0.25) is 5.91 Å². The lowest BCUT2D eigenvalue weighted by atomic mass is 9.66. The van der Waals surface area contributed by atoms with Gasteiger partial charge < -0.3 is 24.3 Å². The SMILES string of the molecule is COC(=O)C1=CO[C@@H](C)[C@@H]2CN3CCC4(C(=O)Nc5cc(OC)c(OC)cc54)[C@@H]3C[C@H]12. The second-order valence-electron chi connectivity index (χ2n) is 8.85. The molecule has 1 aromatic rings. The zero-order valence-electron chi connectivity index (χ0n) is 18.3. The highest BCUT2D eigenvalue weighted by molar-refractivity contribution is 6.07. The van der Waals surface area contributed by atoms with Crippen molar-refractivity contribution in [3.05, 3.63) is 29.5 Å². The molecule has 2 fully saturated rings. The van der Waals surface area contributed by atoms with Gasteiger partial charge in [0.25, 0.3) is 0 Å². The number of amides is 1. The smallest absolute Gasteiger partial charge is 0.337 e. The Hall–Kier alpha value is -2.74. The number of piperidine rings is 1. The summed E-state index contributed by atoms with van der Waals surface area (Å²) in [5.74, 6) is 1.02. The monoisotopic (exact) mass is 428 g/mol. The number of benzene rings is 1. The van der Waals surface area contributed by atoms with Crippen molar-refractivity contribution in [2.45, 2.75) is 37.3 Å². The van der Waals surface area contributed by atoms with E-state index in [9.17, 15) is 9.59 Å². The minimum Gasteiger partial charge on any atom is -0.497 e. The summed E-state index contributed by atoms with van der Waals surface area (Å²) in [7, 11) is 4.58. The molecule has 8 heteroatoms. The normalized spacial score (nSPS) is 33.5. The Morgan fingerprint density at radius 1 is 1.23 bits per heavy atom. The fourth-order valence-corrected chi connectivity index (χ4v) is 6.14.